The summed E-state index contributed by atoms with van der Waals surface area (Å²) in [5, 5.41) is 8.63. The topological polar surface area (TPSA) is 127 Å². The highest BCUT2D eigenvalue weighted by Gasteiger charge is 2.53. The number of fused-ring (bicyclic) bond motifs is 1. The van der Waals surface area contributed by atoms with Crippen LogP contribution in [0.15, 0.2) is 59.7 Å². The maximum atomic E-state index is 13.8. The van der Waals surface area contributed by atoms with Crippen LogP contribution >= 0.6 is 0 Å². The second kappa shape index (κ2) is 12.6. The lowest BCUT2D eigenvalue weighted by atomic mass is 9.73. The summed E-state index contributed by atoms with van der Waals surface area (Å²) >= 11 is 0. The monoisotopic (exact) mass is 535 g/mol. The Morgan fingerprint density at radius 1 is 1.15 bits per heavy atom. The number of hydrogen-bond acceptors (Lipinski definition) is 7. The van der Waals surface area contributed by atoms with Crippen LogP contribution in [0.5, 0.6) is 5.75 Å². The van der Waals surface area contributed by atoms with Gasteiger partial charge in [-0.2, -0.15) is 5.10 Å². The first-order chi connectivity index (χ1) is 18.8. The lowest BCUT2D eigenvalue weighted by Gasteiger charge is -2.40. The molecule has 1 saturated heterocycles. The molecule has 2 heterocycles. The van der Waals surface area contributed by atoms with Crippen LogP contribution in [-0.2, 0) is 20.7 Å². The Labute approximate surface area is 229 Å². The lowest BCUT2D eigenvalue weighted by Crippen LogP contribution is -2.59. The molecular weight excluding hydrogens is 498 g/mol. The molecule has 10 heteroatoms. The van der Waals surface area contributed by atoms with Crippen molar-refractivity contribution in [2.75, 3.05) is 39.1 Å². The van der Waals surface area contributed by atoms with Crippen molar-refractivity contribution in [1.82, 2.24) is 15.2 Å². The Morgan fingerprint density at radius 2 is 1.95 bits per heavy atom. The van der Waals surface area contributed by atoms with E-state index >= 15 is 0 Å². The van der Waals surface area contributed by atoms with Gasteiger partial charge in [0.2, 0.25) is 5.91 Å². The van der Waals surface area contributed by atoms with Crippen LogP contribution in [0.25, 0.3) is 0 Å². The number of nitrogen functional groups attached to an aromatic ring is 1. The van der Waals surface area contributed by atoms with Gasteiger partial charge in [-0.05, 0) is 30.5 Å². The van der Waals surface area contributed by atoms with Crippen molar-refractivity contribution in [3.63, 3.8) is 0 Å². The van der Waals surface area contributed by atoms with Gasteiger partial charge in [0.15, 0.2) is 0 Å². The number of amides is 3. The highest BCUT2D eigenvalue weighted by atomic mass is 16.5. The number of anilines is 1. The predicted octanol–water partition coefficient (Wildman–Crippen LogP) is 3.22. The van der Waals surface area contributed by atoms with E-state index in [1.54, 1.807) is 36.2 Å². The standard InChI is InChI=1S/C29H37N5O5/c1-3-4-16-39-28(37)31-24(14-17-38-23-12-8-11-22(30)18-23)26(35)34-15-13-25-29(20-34,27(36)33(2)32-25)19-21-9-6-5-7-10-21/h5-12,18,24H,3-4,13-17,19-20,30H2,1-2H3,(H,31,37)/t24-,29-/m1/s1. The summed E-state index contributed by atoms with van der Waals surface area (Å²) in [5.41, 5.74) is 7.25. The number of carbonyl (C=O) groups excluding carboxylic acids is 3. The second-order valence-corrected chi connectivity index (χ2v) is 10.0. The molecule has 3 N–H and O–H groups in total. The Hall–Kier alpha value is -4.08. The van der Waals surface area contributed by atoms with Gasteiger partial charge in [0, 0.05) is 44.7 Å². The largest absolute Gasteiger partial charge is 0.493 e. The van der Waals surface area contributed by atoms with E-state index in [-0.39, 0.29) is 38.0 Å². The third kappa shape index (κ3) is 6.68. The molecule has 4 rings (SSSR count). The fourth-order valence-corrected chi connectivity index (χ4v) is 5.09. The summed E-state index contributed by atoms with van der Waals surface area (Å²) in [5.74, 6) is 0.159. The Balaban J connectivity index is 1.50. The number of hydrazone groups is 1. The normalized spacial score (nSPS) is 19.2. The van der Waals surface area contributed by atoms with Crippen LogP contribution < -0.4 is 15.8 Å². The molecule has 39 heavy (non-hydrogen) atoms. The molecule has 0 spiro atoms. The van der Waals surface area contributed by atoms with E-state index in [4.69, 9.17) is 15.2 Å². The maximum absolute atomic E-state index is 13.8. The van der Waals surface area contributed by atoms with Gasteiger partial charge in [-0.3, -0.25) is 9.59 Å². The van der Waals surface area contributed by atoms with Crippen molar-refractivity contribution < 1.29 is 23.9 Å². The zero-order valence-electron chi connectivity index (χ0n) is 22.6. The first-order valence-corrected chi connectivity index (χ1v) is 13.4. The third-order valence-corrected chi connectivity index (χ3v) is 7.12. The Morgan fingerprint density at radius 3 is 2.69 bits per heavy atom. The number of piperidine rings is 1. The van der Waals surface area contributed by atoms with Gasteiger partial charge in [-0.15, -0.1) is 0 Å². The molecule has 0 aromatic heterocycles. The van der Waals surface area contributed by atoms with Crippen LogP contribution in [0.4, 0.5) is 10.5 Å². The summed E-state index contributed by atoms with van der Waals surface area (Å²) in [4.78, 5) is 41.5. The third-order valence-electron chi connectivity index (χ3n) is 7.12. The van der Waals surface area contributed by atoms with Crippen molar-refractivity contribution >= 4 is 29.3 Å². The summed E-state index contributed by atoms with van der Waals surface area (Å²) < 4.78 is 11.1. The Bertz CT molecular complexity index is 1200. The number of alkyl carbamates (subject to hydrolysis) is 1. The van der Waals surface area contributed by atoms with Crippen molar-refractivity contribution in [2.45, 2.75) is 45.1 Å². The molecule has 2 aliphatic rings. The number of carbonyl (C=O) groups is 3. The number of likely N-dealkylation sites (tertiary alicyclic amines) is 1. The van der Waals surface area contributed by atoms with Crippen LogP contribution in [0, 0.1) is 5.41 Å². The van der Waals surface area contributed by atoms with Gasteiger partial charge in [0.05, 0.1) is 18.9 Å². The fourth-order valence-electron chi connectivity index (χ4n) is 5.09. The SMILES string of the molecule is CCCCOC(=O)N[C@H](CCOc1cccc(N)c1)C(=O)N1CCC2=NN(C)C(=O)[C@]2(Cc2ccccc2)C1. The minimum absolute atomic E-state index is 0.132. The number of hydrogen-bond donors (Lipinski definition) is 2. The molecule has 2 aromatic carbocycles. The molecule has 2 aromatic rings. The number of rotatable bonds is 11. The molecule has 0 radical (unpaired) electrons. The Kier molecular flexibility index (Phi) is 9.06. The second-order valence-electron chi connectivity index (χ2n) is 10.0. The molecule has 0 aliphatic carbocycles. The summed E-state index contributed by atoms with van der Waals surface area (Å²) in [6.45, 7) is 3.03. The number of benzene rings is 2. The van der Waals surface area contributed by atoms with Crippen molar-refractivity contribution in [1.29, 1.82) is 0 Å². The molecule has 2 aliphatic heterocycles. The van der Waals surface area contributed by atoms with E-state index in [0.29, 0.717) is 30.8 Å². The molecule has 208 valence electrons. The molecule has 10 nitrogen and oxygen atoms in total. The van der Waals surface area contributed by atoms with Gasteiger partial charge in [-0.1, -0.05) is 49.7 Å². The molecule has 3 amide bonds. The predicted molar refractivity (Wildman–Crippen MR) is 148 cm³/mol. The lowest BCUT2D eigenvalue weighted by molar-refractivity contribution is -0.140. The number of ether oxygens (including phenoxy) is 2. The molecule has 0 unspecified atom stereocenters. The highest BCUT2D eigenvalue weighted by molar-refractivity contribution is 6.13. The van der Waals surface area contributed by atoms with Crippen molar-refractivity contribution in [2.24, 2.45) is 10.5 Å². The van der Waals surface area contributed by atoms with Gasteiger partial charge < -0.3 is 25.4 Å². The fraction of sp³-hybridized carbons (Fsp3) is 0.448. The zero-order valence-corrected chi connectivity index (χ0v) is 22.6. The van der Waals surface area contributed by atoms with E-state index in [1.807, 2.05) is 37.3 Å². The number of unbranched alkanes of at least 4 members (excludes halogenated alkanes) is 1. The molecule has 0 bridgehead atoms. The number of nitrogens with two attached hydrogens (primary N) is 1. The first-order valence-electron chi connectivity index (χ1n) is 13.4. The molecule has 1 fully saturated rings. The highest BCUT2D eigenvalue weighted by Crippen LogP contribution is 2.38. The maximum Gasteiger partial charge on any atom is 0.407 e. The average Bonchev–Trinajstić information content (AvgIpc) is 3.17. The molecule has 2 atom stereocenters. The van der Waals surface area contributed by atoms with Gasteiger partial charge in [0.1, 0.15) is 17.2 Å². The summed E-state index contributed by atoms with van der Waals surface area (Å²) in [6.07, 6.45) is 2.09. The van der Waals surface area contributed by atoms with E-state index in [1.165, 1.54) is 5.01 Å². The molecule has 0 saturated carbocycles. The van der Waals surface area contributed by atoms with Crippen LogP contribution in [0.2, 0.25) is 0 Å². The van der Waals surface area contributed by atoms with Crippen molar-refractivity contribution in [3.8, 4) is 5.75 Å². The quantitative estimate of drug-likeness (QED) is 0.336. The first kappa shape index (κ1) is 27.9. The van der Waals surface area contributed by atoms with Gasteiger partial charge >= 0.3 is 6.09 Å². The van der Waals surface area contributed by atoms with Crippen LogP contribution in [0.1, 0.15) is 38.2 Å². The summed E-state index contributed by atoms with van der Waals surface area (Å²) in [6, 6.07) is 15.9. The minimum Gasteiger partial charge on any atom is -0.493 e. The van der Waals surface area contributed by atoms with E-state index in [0.717, 1.165) is 24.1 Å². The van der Waals surface area contributed by atoms with E-state index < -0.39 is 17.6 Å². The van der Waals surface area contributed by atoms with E-state index in [9.17, 15) is 14.4 Å². The summed E-state index contributed by atoms with van der Waals surface area (Å²) in [7, 11) is 1.65. The van der Waals surface area contributed by atoms with Crippen molar-refractivity contribution in [3.05, 3.63) is 60.2 Å². The molecular formula is C29H37N5O5. The number of nitrogens with one attached hydrogen (secondary N) is 1. The van der Waals surface area contributed by atoms with Gasteiger partial charge in [0.25, 0.3) is 5.91 Å². The minimum atomic E-state index is -0.936. The number of nitrogens with zero attached hydrogens (tertiary/aromatic N) is 3. The average molecular weight is 536 g/mol. The van der Waals surface area contributed by atoms with E-state index in [2.05, 4.69) is 10.4 Å². The van der Waals surface area contributed by atoms with Gasteiger partial charge in [-0.25, -0.2) is 9.80 Å². The zero-order chi connectivity index (χ0) is 27.8. The smallest absolute Gasteiger partial charge is 0.407 e. The van der Waals surface area contributed by atoms with Crippen LogP contribution in [0.3, 0.4) is 0 Å². The van der Waals surface area contributed by atoms with Crippen LogP contribution in [-0.4, -0.2) is 72.9 Å².